The van der Waals surface area contributed by atoms with Gasteiger partial charge in [-0.2, -0.15) is 0 Å². The number of hydrogen-bond acceptors (Lipinski definition) is 4. The second-order valence-corrected chi connectivity index (χ2v) is 5.12. The lowest BCUT2D eigenvalue weighted by molar-refractivity contribution is -0.144. The first kappa shape index (κ1) is 13.4. The molecular weight excluding hydrogens is 298 g/mol. The molecule has 5 heteroatoms. The summed E-state index contributed by atoms with van der Waals surface area (Å²) in [5, 5.41) is 3.18. The topological polar surface area (TPSA) is 47.6 Å². The Hall–Kier alpha value is -1.07. The molecule has 1 heterocycles. The zero-order valence-corrected chi connectivity index (χ0v) is 11.8. The van der Waals surface area contributed by atoms with Gasteiger partial charge < -0.3 is 14.8 Å². The van der Waals surface area contributed by atoms with Crippen LogP contribution in [-0.4, -0.2) is 31.8 Å². The van der Waals surface area contributed by atoms with Gasteiger partial charge in [0.1, 0.15) is 0 Å². The molecule has 1 N–H and O–H groups in total. The Balaban J connectivity index is 2.09. The minimum Gasteiger partial charge on any atom is -0.467 e. The maximum atomic E-state index is 11.8. The van der Waals surface area contributed by atoms with Gasteiger partial charge in [-0.05, 0) is 37.1 Å². The number of nitrogens with one attached hydrogen (secondary N) is 1. The summed E-state index contributed by atoms with van der Waals surface area (Å²) in [4.78, 5) is 11.8. The fraction of sp³-hybridized carbons (Fsp3) is 0.462. The largest absolute Gasteiger partial charge is 0.467 e. The van der Waals surface area contributed by atoms with E-state index in [0.717, 1.165) is 23.0 Å². The molecule has 2 unspecified atom stereocenters. The van der Waals surface area contributed by atoms with Crippen LogP contribution < -0.4 is 5.32 Å². The number of benzene rings is 1. The van der Waals surface area contributed by atoms with Crippen molar-refractivity contribution in [1.82, 2.24) is 0 Å². The van der Waals surface area contributed by atoms with Gasteiger partial charge in [0.2, 0.25) is 0 Å². The number of ether oxygens (including phenoxy) is 2. The van der Waals surface area contributed by atoms with Crippen molar-refractivity contribution in [3.8, 4) is 0 Å². The number of methoxy groups -OCH3 is 1. The molecule has 0 spiro atoms. The van der Waals surface area contributed by atoms with E-state index in [4.69, 9.17) is 9.47 Å². The number of halogens is 1. The minimum absolute atomic E-state index is 0.110. The van der Waals surface area contributed by atoms with Crippen molar-refractivity contribution in [3.63, 3.8) is 0 Å². The lowest BCUT2D eigenvalue weighted by Gasteiger charge is -2.22. The lowest BCUT2D eigenvalue weighted by Crippen LogP contribution is -2.41. The fourth-order valence-corrected chi connectivity index (χ4v) is 2.29. The summed E-state index contributed by atoms with van der Waals surface area (Å²) in [5.74, 6) is -0.287. The van der Waals surface area contributed by atoms with Gasteiger partial charge in [-0.25, -0.2) is 4.79 Å². The molecule has 0 aliphatic carbocycles. The molecule has 1 aliphatic heterocycles. The van der Waals surface area contributed by atoms with Gasteiger partial charge in [0.05, 0.1) is 13.2 Å². The smallest absolute Gasteiger partial charge is 0.331 e. The van der Waals surface area contributed by atoms with Crippen LogP contribution in [0, 0.1) is 0 Å². The highest BCUT2D eigenvalue weighted by Crippen LogP contribution is 2.21. The van der Waals surface area contributed by atoms with E-state index in [0.29, 0.717) is 6.61 Å². The molecule has 0 bridgehead atoms. The van der Waals surface area contributed by atoms with Crippen LogP contribution in [0.2, 0.25) is 0 Å². The van der Waals surface area contributed by atoms with Crippen LogP contribution in [0.1, 0.15) is 12.8 Å². The van der Waals surface area contributed by atoms with Crippen molar-refractivity contribution in [3.05, 3.63) is 28.7 Å². The van der Waals surface area contributed by atoms with Crippen molar-refractivity contribution in [2.45, 2.75) is 25.0 Å². The molecule has 1 aromatic rings. The molecule has 2 atom stereocenters. The molecule has 4 nitrogen and oxygen atoms in total. The summed E-state index contributed by atoms with van der Waals surface area (Å²) in [6.45, 7) is 0.709. The van der Waals surface area contributed by atoms with Gasteiger partial charge in [-0.15, -0.1) is 0 Å². The molecule has 1 saturated heterocycles. The van der Waals surface area contributed by atoms with Crippen LogP contribution in [0.15, 0.2) is 28.7 Å². The maximum absolute atomic E-state index is 11.8. The molecule has 0 amide bonds. The normalized spacial score (nSPS) is 20.4. The molecule has 0 saturated carbocycles. The Morgan fingerprint density at radius 2 is 2.22 bits per heavy atom. The van der Waals surface area contributed by atoms with E-state index in [1.807, 2.05) is 24.3 Å². The second-order valence-electron chi connectivity index (χ2n) is 4.20. The highest BCUT2D eigenvalue weighted by atomic mass is 79.9. The monoisotopic (exact) mass is 313 g/mol. The quantitative estimate of drug-likeness (QED) is 0.868. The number of hydrogen-bond donors (Lipinski definition) is 1. The molecule has 1 aromatic carbocycles. The second kappa shape index (κ2) is 6.20. The van der Waals surface area contributed by atoms with Crippen LogP contribution in [0.25, 0.3) is 0 Å². The molecule has 18 heavy (non-hydrogen) atoms. The van der Waals surface area contributed by atoms with E-state index in [-0.39, 0.29) is 12.1 Å². The lowest BCUT2D eigenvalue weighted by atomic mass is 10.1. The summed E-state index contributed by atoms with van der Waals surface area (Å²) in [5.41, 5.74) is 0.879. The van der Waals surface area contributed by atoms with E-state index in [1.54, 1.807) is 0 Å². The Bertz CT molecular complexity index is 401. The molecule has 1 aliphatic rings. The summed E-state index contributed by atoms with van der Waals surface area (Å²) in [7, 11) is 1.40. The van der Waals surface area contributed by atoms with Crippen molar-refractivity contribution in [1.29, 1.82) is 0 Å². The summed E-state index contributed by atoms with van der Waals surface area (Å²) >= 11 is 3.38. The molecular formula is C13H16BrNO3. The van der Waals surface area contributed by atoms with Crippen molar-refractivity contribution in [2.24, 2.45) is 0 Å². The van der Waals surface area contributed by atoms with Gasteiger partial charge >= 0.3 is 5.97 Å². The first-order chi connectivity index (χ1) is 8.70. The Morgan fingerprint density at radius 3 is 2.78 bits per heavy atom. The van der Waals surface area contributed by atoms with Gasteiger partial charge in [0, 0.05) is 16.8 Å². The van der Waals surface area contributed by atoms with E-state index in [1.165, 1.54) is 7.11 Å². The predicted octanol–water partition coefficient (Wildman–Crippen LogP) is 2.58. The minimum atomic E-state index is -0.446. The van der Waals surface area contributed by atoms with Crippen LogP contribution in [-0.2, 0) is 14.3 Å². The zero-order valence-electron chi connectivity index (χ0n) is 10.2. The highest BCUT2D eigenvalue weighted by Gasteiger charge is 2.32. The van der Waals surface area contributed by atoms with Gasteiger partial charge in [0.25, 0.3) is 0 Å². The summed E-state index contributed by atoms with van der Waals surface area (Å²) in [6.07, 6.45) is 1.75. The summed E-state index contributed by atoms with van der Waals surface area (Å²) in [6, 6.07) is 7.22. The number of carbonyl (C=O) groups is 1. The average molecular weight is 314 g/mol. The number of rotatable bonds is 4. The van der Waals surface area contributed by atoms with Crippen LogP contribution in [0.4, 0.5) is 5.69 Å². The third-order valence-corrected chi connectivity index (χ3v) is 3.49. The average Bonchev–Trinajstić information content (AvgIpc) is 2.91. The van der Waals surface area contributed by atoms with Gasteiger partial charge in [-0.1, -0.05) is 15.9 Å². The maximum Gasteiger partial charge on any atom is 0.331 e. The number of esters is 1. The molecule has 1 fully saturated rings. The first-order valence-electron chi connectivity index (χ1n) is 5.92. The molecule has 2 rings (SSSR count). The van der Waals surface area contributed by atoms with E-state index >= 15 is 0 Å². The molecule has 98 valence electrons. The van der Waals surface area contributed by atoms with Crippen LogP contribution >= 0.6 is 15.9 Å². The van der Waals surface area contributed by atoms with Gasteiger partial charge in [-0.3, -0.25) is 0 Å². The van der Waals surface area contributed by atoms with E-state index < -0.39 is 6.04 Å². The number of carbonyl (C=O) groups excluding carboxylic acids is 1. The standard InChI is InChI=1S/C13H16BrNO3/c1-17-13(16)12(11-3-2-8-18-11)15-10-6-4-9(14)5-7-10/h4-7,11-12,15H,2-3,8H2,1H3. The third kappa shape index (κ3) is 3.23. The van der Waals surface area contributed by atoms with Crippen LogP contribution in [0.5, 0.6) is 0 Å². The molecule has 0 radical (unpaired) electrons. The van der Waals surface area contributed by atoms with Crippen LogP contribution in [0.3, 0.4) is 0 Å². The van der Waals surface area contributed by atoms with E-state index in [2.05, 4.69) is 21.2 Å². The van der Waals surface area contributed by atoms with Crippen molar-refractivity contribution >= 4 is 27.6 Å². The Kier molecular flexibility index (Phi) is 4.60. The third-order valence-electron chi connectivity index (χ3n) is 2.96. The Labute approximate surface area is 115 Å². The fourth-order valence-electron chi connectivity index (χ4n) is 2.02. The van der Waals surface area contributed by atoms with Gasteiger partial charge in [0.15, 0.2) is 6.04 Å². The number of anilines is 1. The highest BCUT2D eigenvalue weighted by molar-refractivity contribution is 9.10. The van der Waals surface area contributed by atoms with E-state index in [9.17, 15) is 4.79 Å². The van der Waals surface area contributed by atoms with Crippen molar-refractivity contribution in [2.75, 3.05) is 19.0 Å². The first-order valence-corrected chi connectivity index (χ1v) is 6.71. The van der Waals surface area contributed by atoms with Crippen molar-refractivity contribution < 1.29 is 14.3 Å². The molecule has 0 aromatic heterocycles. The zero-order chi connectivity index (χ0) is 13.0. The Morgan fingerprint density at radius 1 is 1.50 bits per heavy atom. The SMILES string of the molecule is COC(=O)C(Nc1ccc(Br)cc1)C1CCCO1. The summed E-state index contributed by atoms with van der Waals surface area (Å²) < 4.78 is 11.4. The predicted molar refractivity (Wildman–Crippen MR) is 72.5 cm³/mol.